The molecule has 0 spiro atoms. The molecule has 0 bridgehead atoms. The van der Waals surface area contributed by atoms with Crippen LogP contribution in [-0.4, -0.2) is 18.9 Å². The number of hydrogen-bond donors (Lipinski definition) is 2. The molecule has 0 fully saturated rings. The molecule has 0 unspecified atom stereocenters. The summed E-state index contributed by atoms with van der Waals surface area (Å²) in [5, 5.41) is 5.75. The molecule has 30 heavy (non-hydrogen) atoms. The van der Waals surface area contributed by atoms with Crippen LogP contribution in [0.5, 0.6) is 5.75 Å². The molecule has 3 rings (SSSR count). The highest BCUT2D eigenvalue weighted by Crippen LogP contribution is 2.19. The summed E-state index contributed by atoms with van der Waals surface area (Å²) in [7, 11) is 1.57. The highest BCUT2D eigenvalue weighted by molar-refractivity contribution is 9.10. The normalized spacial score (nSPS) is 11.0. The number of nitrogens with one attached hydrogen (secondary N) is 2. The van der Waals surface area contributed by atoms with Crippen LogP contribution in [0, 0.1) is 0 Å². The molecular formula is C23H18BrClN2O3. The first-order valence-electron chi connectivity index (χ1n) is 8.95. The van der Waals surface area contributed by atoms with Crippen molar-refractivity contribution in [2.45, 2.75) is 0 Å². The Labute approximate surface area is 187 Å². The van der Waals surface area contributed by atoms with E-state index in [0.29, 0.717) is 16.5 Å². The lowest BCUT2D eigenvalue weighted by atomic mass is 10.1. The third-order valence-electron chi connectivity index (χ3n) is 4.14. The van der Waals surface area contributed by atoms with Gasteiger partial charge in [0.05, 0.1) is 17.7 Å². The minimum atomic E-state index is -0.478. The molecule has 2 amide bonds. The first kappa shape index (κ1) is 21.6. The van der Waals surface area contributed by atoms with Crippen LogP contribution in [0.15, 0.2) is 83.0 Å². The number of benzene rings is 3. The van der Waals surface area contributed by atoms with Crippen LogP contribution in [0.2, 0.25) is 5.02 Å². The smallest absolute Gasteiger partial charge is 0.272 e. The fraction of sp³-hybridized carbons (Fsp3) is 0.0435. The summed E-state index contributed by atoms with van der Waals surface area (Å²) in [6, 6.07) is 20.9. The number of anilines is 1. The van der Waals surface area contributed by atoms with Gasteiger partial charge in [-0.1, -0.05) is 51.8 Å². The van der Waals surface area contributed by atoms with E-state index in [1.165, 1.54) is 0 Å². The molecule has 7 heteroatoms. The van der Waals surface area contributed by atoms with Gasteiger partial charge in [0.15, 0.2) is 0 Å². The molecule has 0 aromatic heterocycles. The van der Waals surface area contributed by atoms with Gasteiger partial charge in [-0.2, -0.15) is 0 Å². The monoisotopic (exact) mass is 484 g/mol. The Morgan fingerprint density at radius 2 is 1.63 bits per heavy atom. The molecule has 3 aromatic carbocycles. The van der Waals surface area contributed by atoms with Crippen molar-refractivity contribution in [1.29, 1.82) is 0 Å². The number of carbonyl (C=O) groups is 2. The van der Waals surface area contributed by atoms with E-state index in [-0.39, 0.29) is 11.3 Å². The van der Waals surface area contributed by atoms with Crippen LogP contribution < -0.4 is 15.4 Å². The minimum Gasteiger partial charge on any atom is -0.497 e. The Bertz CT molecular complexity index is 1080. The summed E-state index contributed by atoms with van der Waals surface area (Å²) < 4.78 is 6.03. The van der Waals surface area contributed by atoms with Crippen LogP contribution >= 0.6 is 27.5 Å². The van der Waals surface area contributed by atoms with Gasteiger partial charge in [-0.05, 0) is 60.2 Å². The van der Waals surface area contributed by atoms with Crippen molar-refractivity contribution in [2.24, 2.45) is 0 Å². The second kappa shape index (κ2) is 10.1. The highest BCUT2D eigenvalue weighted by atomic mass is 79.9. The summed E-state index contributed by atoms with van der Waals surface area (Å²) in [6.45, 7) is 0. The van der Waals surface area contributed by atoms with Gasteiger partial charge >= 0.3 is 0 Å². The van der Waals surface area contributed by atoms with E-state index in [4.69, 9.17) is 16.3 Å². The van der Waals surface area contributed by atoms with E-state index in [1.807, 2.05) is 24.3 Å². The van der Waals surface area contributed by atoms with Crippen molar-refractivity contribution >= 4 is 51.1 Å². The molecule has 0 aliphatic heterocycles. The van der Waals surface area contributed by atoms with E-state index in [9.17, 15) is 9.59 Å². The van der Waals surface area contributed by atoms with Crippen LogP contribution in [0.3, 0.4) is 0 Å². The van der Waals surface area contributed by atoms with Crippen molar-refractivity contribution in [3.05, 3.63) is 99.1 Å². The molecule has 5 nitrogen and oxygen atoms in total. The molecule has 0 aliphatic rings. The summed E-state index contributed by atoms with van der Waals surface area (Å²) in [4.78, 5) is 25.6. The van der Waals surface area contributed by atoms with Gasteiger partial charge in [0, 0.05) is 10.2 Å². The number of halogens is 2. The fourth-order valence-electron chi connectivity index (χ4n) is 2.59. The summed E-state index contributed by atoms with van der Waals surface area (Å²) in [5.41, 5.74) is 1.67. The molecule has 0 saturated carbocycles. The van der Waals surface area contributed by atoms with E-state index in [2.05, 4.69) is 26.6 Å². The number of ether oxygens (including phenoxy) is 1. The number of rotatable bonds is 6. The second-order valence-corrected chi connectivity index (χ2v) is 7.55. The SMILES string of the molecule is COc1ccc(NC(=O)/C(=C/c2ccc(Br)cc2)NC(=O)c2ccccc2Cl)cc1. The van der Waals surface area contributed by atoms with E-state index >= 15 is 0 Å². The van der Waals surface area contributed by atoms with E-state index in [0.717, 1.165) is 10.0 Å². The van der Waals surface area contributed by atoms with Gasteiger partial charge < -0.3 is 15.4 Å². The van der Waals surface area contributed by atoms with Crippen molar-refractivity contribution in [3.63, 3.8) is 0 Å². The average Bonchev–Trinajstić information content (AvgIpc) is 2.75. The fourth-order valence-corrected chi connectivity index (χ4v) is 3.08. The summed E-state index contributed by atoms with van der Waals surface area (Å²) in [5.74, 6) is -0.275. The topological polar surface area (TPSA) is 67.4 Å². The zero-order valence-electron chi connectivity index (χ0n) is 16.0. The van der Waals surface area contributed by atoms with Crippen molar-refractivity contribution in [3.8, 4) is 5.75 Å². The Morgan fingerprint density at radius 3 is 2.27 bits per heavy atom. The molecule has 2 N–H and O–H groups in total. The van der Waals surface area contributed by atoms with Crippen molar-refractivity contribution in [2.75, 3.05) is 12.4 Å². The number of amides is 2. The van der Waals surface area contributed by atoms with Gasteiger partial charge in [0.1, 0.15) is 11.4 Å². The highest BCUT2D eigenvalue weighted by Gasteiger charge is 2.17. The maximum Gasteiger partial charge on any atom is 0.272 e. The van der Waals surface area contributed by atoms with Crippen LogP contribution in [0.1, 0.15) is 15.9 Å². The van der Waals surface area contributed by atoms with Gasteiger partial charge in [0.2, 0.25) is 0 Å². The first-order chi connectivity index (χ1) is 14.5. The summed E-state index contributed by atoms with van der Waals surface area (Å²) in [6.07, 6.45) is 1.60. The third-order valence-corrected chi connectivity index (χ3v) is 5.00. The molecule has 0 atom stereocenters. The lowest BCUT2D eigenvalue weighted by Gasteiger charge is -2.12. The second-order valence-electron chi connectivity index (χ2n) is 6.23. The Balaban J connectivity index is 1.88. The average molecular weight is 486 g/mol. The van der Waals surface area contributed by atoms with Gasteiger partial charge in [0.25, 0.3) is 11.8 Å². The molecule has 3 aromatic rings. The van der Waals surface area contributed by atoms with Crippen LogP contribution in [0.4, 0.5) is 5.69 Å². The third kappa shape index (κ3) is 5.72. The predicted molar refractivity (Wildman–Crippen MR) is 123 cm³/mol. The molecular weight excluding hydrogens is 468 g/mol. The Hall–Kier alpha value is -3.09. The minimum absolute atomic E-state index is 0.0815. The maximum absolute atomic E-state index is 12.9. The van der Waals surface area contributed by atoms with E-state index in [1.54, 1.807) is 61.7 Å². The first-order valence-corrected chi connectivity index (χ1v) is 10.1. The maximum atomic E-state index is 12.9. The number of hydrogen-bond acceptors (Lipinski definition) is 3. The zero-order valence-corrected chi connectivity index (χ0v) is 18.3. The quantitative estimate of drug-likeness (QED) is 0.452. The Kier molecular flexibility index (Phi) is 7.27. The zero-order chi connectivity index (χ0) is 21.5. The molecule has 0 aliphatic carbocycles. The summed E-state index contributed by atoms with van der Waals surface area (Å²) >= 11 is 9.50. The van der Waals surface area contributed by atoms with Gasteiger partial charge in [-0.15, -0.1) is 0 Å². The molecule has 0 saturated heterocycles. The van der Waals surface area contributed by atoms with Gasteiger partial charge in [-0.25, -0.2) is 0 Å². The van der Waals surface area contributed by atoms with Crippen LogP contribution in [-0.2, 0) is 4.79 Å². The number of carbonyl (C=O) groups excluding carboxylic acids is 2. The van der Waals surface area contributed by atoms with Crippen LogP contribution in [0.25, 0.3) is 6.08 Å². The van der Waals surface area contributed by atoms with Crippen molar-refractivity contribution < 1.29 is 14.3 Å². The number of methoxy groups -OCH3 is 1. The molecule has 0 radical (unpaired) electrons. The lowest BCUT2D eigenvalue weighted by molar-refractivity contribution is -0.113. The molecule has 152 valence electrons. The van der Waals surface area contributed by atoms with Crippen molar-refractivity contribution in [1.82, 2.24) is 5.32 Å². The molecule has 0 heterocycles. The largest absolute Gasteiger partial charge is 0.497 e. The van der Waals surface area contributed by atoms with Gasteiger partial charge in [-0.3, -0.25) is 9.59 Å². The lowest BCUT2D eigenvalue weighted by Crippen LogP contribution is -2.30. The predicted octanol–water partition coefficient (Wildman–Crippen LogP) is 5.52. The van der Waals surface area contributed by atoms with E-state index < -0.39 is 11.8 Å². The Morgan fingerprint density at radius 1 is 0.967 bits per heavy atom. The standard InChI is InChI=1S/C23H18BrClN2O3/c1-30-18-12-10-17(11-13-18)26-23(29)21(14-15-6-8-16(24)9-7-15)27-22(28)19-4-2-3-5-20(19)25/h2-14H,1H3,(H,26,29)(H,27,28)/b21-14-.